The number of H-pyrrole nitrogens is 2. The lowest BCUT2D eigenvalue weighted by atomic mass is 10.1. The Hall–Kier alpha value is -2.27. The highest BCUT2D eigenvalue weighted by molar-refractivity contribution is 5.92. The first-order chi connectivity index (χ1) is 10.2. The van der Waals surface area contributed by atoms with Gasteiger partial charge in [0.25, 0.3) is 0 Å². The molecule has 0 fully saturated rings. The summed E-state index contributed by atoms with van der Waals surface area (Å²) in [6.07, 6.45) is 0. The number of aromatic nitrogens is 3. The molecule has 5 nitrogen and oxygen atoms in total. The fourth-order valence-corrected chi connectivity index (χ4v) is 3.17. The molecule has 1 aliphatic rings. The molecule has 0 aliphatic carbocycles. The van der Waals surface area contributed by atoms with E-state index in [1.165, 1.54) is 16.5 Å². The highest BCUT2D eigenvalue weighted by Gasteiger charge is 2.25. The van der Waals surface area contributed by atoms with Crippen molar-refractivity contribution in [3.8, 4) is 17.1 Å². The molecule has 3 aromatic rings. The van der Waals surface area contributed by atoms with E-state index in [0.29, 0.717) is 0 Å². The smallest absolute Gasteiger partial charge is 0.119 e. The molecule has 2 aromatic heterocycles. The molecule has 108 valence electrons. The van der Waals surface area contributed by atoms with Crippen molar-refractivity contribution in [2.24, 2.45) is 0 Å². The van der Waals surface area contributed by atoms with Gasteiger partial charge in [0, 0.05) is 40.8 Å². The van der Waals surface area contributed by atoms with Gasteiger partial charge < -0.3 is 9.72 Å². The summed E-state index contributed by atoms with van der Waals surface area (Å²) >= 11 is 0. The fourth-order valence-electron chi connectivity index (χ4n) is 3.17. The Balaban J connectivity index is 2.03. The summed E-state index contributed by atoms with van der Waals surface area (Å²) in [5, 5.41) is 8.84. The Bertz CT molecular complexity index is 830. The van der Waals surface area contributed by atoms with Crippen LogP contribution in [0.2, 0.25) is 0 Å². The molecule has 0 saturated carbocycles. The minimum atomic E-state index is 0.884. The van der Waals surface area contributed by atoms with E-state index in [1.807, 2.05) is 6.07 Å². The summed E-state index contributed by atoms with van der Waals surface area (Å²) in [5.41, 5.74) is 7.00. The molecule has 0 unspecified atom stereocenters. The number of ether oxygens (including phenoxy) is 1. The minimum Gasteiger partial charge on any atom is -0.497 e. The number of methoxy groups -OCH3 is 1. The molecule has 0 saturated heterocycles. The Morgan fingerprint density at radius 1 is 1.24 bits per heavy atom. The van der Waals surface area contributed by atoms with E-state index >= 15 is 0 Å². The number of aromatic amines is 2. The molecule has 0 atom stereocenters. The van der Waals surface area contributed by atoms with E-state index < -0.39 is 0 Å². The monoisotopic (exact) mass is 282 g/mol. The zero-order chi connectivity index (χ0) is 14.6. The maximum absolute atomic E-state index is 5.37. The van der Waals surface area contributed by atoms with Crippen LogP contribution in [0.4, 0.5) is 0 Å². The molecular formula is C16H18N4O. The van der Waals surface area contributed by atoms with Crippen LogP contribution >= 0.6 is 0 Å². The van der Waals surface area contributed by atoms with E-state index in [9.17, 15) is 0 Å². The average Bonchev–Trinajstić information content (AvgIpc) is 2.96. The minimum absolute atomic E-state index is 0.884. The van der Waals surface area contributed by atoms with Gasteiger partial charge in [-0.3, -0.25) is 10.00 Å². The second-order valence-electron chi connectivity index (χ2n) is 5.74. The van der Waals surface area contributed by atoms with Crippen molar-refractivity contribution >= 4 is 10.9 Å². The van der Waals surface area contributed by atoms with Gasteiger partial charge in [-0.1, -0.05) is 0 Å². The summed E-state index contributed by atoms with van der Waals surface area (Å²) < 4.78 is 5.37. The first-order valence-corrected chi connectivity index (χ1v) is 7.08. The van der Waals surface area contributed by atoms with E-state index in [1.54, 1.807) is 7.11 Å². The molecule has 2 N–H and O–H groups in total. The zero-order valence-electron chi connectivity index (χ0n) is 12.4. The van der Waals surface area contributed by atoms with Gasteiger partial charge >= 0.3 is 0 Å². The molecule has 3 heterocycles. The summed E-state index contributed by atoms with van der Waals surface area (Å²) in [6, 6.07) is 6.16. The van der Waals surface area contributed by atoms with E-state index in [2.05, 4.69) is 46.2 Å². The highest BCUT2D eigenvalue weighted by atomic mass is 16.5. The number of rotatable bonds is 1. The van der Waals surface area contributed by atoms with Crippen molar-refractivity contribution in [2.45, 2.75) is 20.0 Å². The molecule has 1 aliphatic heterocycles. The highest BCUT2D eigenvalue weighted by Crippen LogP contribution is 2.37. The fraction of sp³-hybridized carbons (Fsp3) is 0.312. The van der Waals surface area contributed by atoms with Gasteiger partial charge in [0.2, 0.25) is 0 Å². The normalized spacial score (nSPS) is 14.8. The average molecular weight is 282 g/mol. The second kappa shape index (κ2) is 4.36. The van der Waals surface area contributed by atoms with Crippen LogP contribution in [0.15, 0.2) is 18.2 Å². The van der Waals surface area contributed by atoms with Crippen LogP contribution in [-0.4, -0.2) is 34.2 Å². The van der Waals surface area contributed by atoms with Crippen LogP contribution in [-0.2, 0) is 13.1 Å². The van der Waals surface area contributed by atoms with Crippen LogP contribution in [0.1, 0.15) is 16.8 Å². The number of fused-ring (bicyclic) bond motifs is 5. The summed E-state index contributed by atoms with van der Waals surface area (Å²) in [6.45, 7) is 3.89. The maximum atomic E-state index is 5.37. The largest absolute Gasteiger partial charge is 0.497 e. The summed E-state index contributed by atoms with van der Waals surface area (Å²) in [4.78, 5) is 5.85. The number of hydrogen-bond acceptors (Lipinski definition) is 3. The number of benzene rings is 1. The molecule has 1 aromatic carbocycles. The summed E-state index contributed by atoms with van der Waals surface area (Å²) in [7, 11) is 3.85. The lowest BCUT2D eigenvalue weighted by Gasteiger charge is -2.14. The van der Waals surface area contributed by atoms with Crippen LogP contribution in [0.3, 0.4) is 0 Å². The molecule has 0 radical (unpaired) electrons. The quantitative estimate of drug-likeness (QED) is 0.721. The standard InChI is InChI=1S/C16H18N4O/c1-9-12-7-20(2)8-13-11-6-10(21-3)4-5-14(11)17-15(13)16(12)19-18-9/h4-6,17H,7-8H2,1-3H3,(H,18,19). The Kier molecular flexibility index (Phi) is 2.59. The lowest BCUT2D eigenvalue weighted by molar-refractivity contribution is 0.323. The van der Waals surface area contributed by atoms with Gasteiger partial charge in [-0.2, -0.15) is 5.10 Å². The van der Waals surface area contributed by atoms with Crippen LogP contribution in [0, 0.1) is 6.92 Å². The SMILES string of the molecule is COc1ccc2[nH]c3c(c2c1)CN(C)Cc1c-3n[nH]c1C. The topological polar surface area (TPSA) is 56.9 Å². The zero-order valence-corrected chi connectivity index (χ0v) is 12.4. The van der Waals surface area contributed by atoms with Gasteiger partial charge in [-0.05, 0) is 32.2 Å². The van der Waals surface area contributed by atoms with Crippen molar-refractivity contribution in [3.63, 3.8) is 0 Å². The predicted molar refractivity (Wildman–Crippen MR) is 82.3 cm³/mol. The number of hydrogen-bond donors (Lipinski definition) is 2. The van der Waals surface area contributed by atoms with E-state index in [4.69, 9.17) is 4.74 Å². The number of nitrogens with one attached hydrogen (secondary N) is 2. The number of nitrogens with zero attached hydrogens (tertiary/aromatic N) is 2. The first kappa shape index (κ1) is 12.5. The van der Waals surface area contributed by atoms with Crippen molar-refractivity contribution in [1.82, 2.24) is 20.1 Å². The lowest BCUT2D eigenvalue weighted by Crippen LogP contribution is -2.15. The molecule has 0 bridgehead atoms. The number of aryl methyl sites for hydroxylation is 1. The van der Waals surface area contributed by atoms with Gasteiger partial charge in [0.1, 0.15) is 11.4 Å². The molecule has 21 heavy (non-hydrogen) atoms. The van der Waals surface area contributed by atoms with Crippen molar-refractivity contribution in [2.75, 3.05) is 14.2 Å². The second-order valence-corrected chi connectivity index (χ2v) is 5.74. The van der Waals surface area contributed by atoms with E-state index in [0.717, 1.165) is 41.4 Å². The summed E-state index contributed by atoms with van der Waals surface area (Å²) in [5.74, 6) is 0.884. The third-order valence-electron chi connectivity index (χ3n) is 4.28. The van der Waals surface area contributed by atoms with Crippen molar-refractivity contribution < 1.29 is 4.74 Å². The van der Waals surface area contributed by atoms with Crippen LogP contribution in [0.25, 0.3) is 22.3 Å². The van der Waals surface area contributed by atoms with Crippen molar-refractivity contribution in [3.05, 3.63) is 35.0 Å². The van der Waals surface area contributed by atoms with Gasteiger partial charge in [0.15, 0.2) is 0 Å². The third kappa shape index (κ3) is 1.77. The van der Waals surface area contributed by atoms with Crippen LogP contribution < -0.4 is 4.74 Å². The molecule has 0 spiro atoms. The molecule has 5 heteroatoms. The van der Waals surface area contributed by atoms with Gasteiger partial charge in [0.05, 0.1) is 12.8 Å². The van der Waals surface area contributed by atoms with Gasteiger partial charge in [-0.15, -0.1) is 0 Å². The van der Waals surface area contributed by atoms with Crippen LogP contribution in [0.5, 0.6) is 5.75 Å². The Morgan fingerprint density at radius 2 is 2.05 bits per heavy atom. The molecular weight excluding hydrogens is 264 g/mol. The third-order valence-corrected chi connectivity index (χ3v) is 4.28. The van der Waals surface area contributed by atoms with Gasteiger partial charge in [-0.25, -0.2) is 0 Å². The van der Waals surface area contributed by atoms with E-state index in [-0.39, 0.29) is 0 Å². The Morgan fingerprint density at radius 3 is 2.86 bits per heavy atom. The first-order valence-electron chi connectivity index (χ1n) is 7.08. The molecule has 0 amide bonds. The van der Waals surface area contributed by atoms with Crippen molar-refractivity contribution in [1.29, 1.82) is 0 Å². The predicted octanol–water partition coefficient (Wildman–Crippen LogP) is 2.82. The maximum Gasteiger partial charge on any atom is 0.119 e. The Labute approximate surface area is 122 Å². The molecule has 4 rings (SSSR count).